The van der Waals surface area contributed by atoms with Gasteiger partial charge in [0, 0.05) is 11.5 Å². The predicted molar refractivity (Wildman–Crippen MR) is 125 cm³/mol. The van der Waals surface area contributed by atoms with Crippen molar-refractivity contribution in [2.75, 3.05) is 19.1 Å². The van der Waals surface area contributed by atoms with Gasteiger partial charge in [0.15, 0.2) is 0 Å². The predicted octanol–water partition coefficient (Wildman–Crippen LogP) is 5.43. The standard InChI is InChI=1S/C26H32ClNO2/c1-5-6-20-16-22(13-18(2)25(20)29-12-11-27)26(3,4)21-7-9-24(10-8-21)30-17-19-14-23(28)15-19/h7-10,13,16,19,23H,11-12,14-15,17,28H2,1-4H3. The SMILES string of the molecule is CC#Cc1cc(C(C)(C)c2ccc(OCC3CC(N)C3)cc2)cc(C)c1OCCCl. The van der Waals surface area contributed by atoms with Gasteiger partial charge in [0.25, 0.3) is 0 Å². The minimum Gasteiger partial charge on any atom is -0.493 e. The summed E-state index contributed by atoms with van der Waals surface area (Å²) in [5.74, 6) is 8.98. The van der Waals surface area contributed by atoms with Crippen LogP contribution in [0, 0.1) is 24.7 Å². The first-order valence-electron chi connectivity index (χ1n) is 10.6. The summed E-state index contributed by atoms with van der Waals surface area (Å²) in [5.41, 5.74) is 10.1. The Morgan fingerprint density at radius 1 is 1.10 bits per heavy atom. The summed E-state index contributed by atoms with van der Waals surface area (Å²) in [6.07, 6.45) is 2.14. The highest BCUT2D eigenvalue weighted by Crippen LogP contribution is 2.36. The Hall–Kier alpha value is -2.15. The first kappa shape index (κ1) is 22.5. The van der Waals surface area contributed by atoms with E-state index in [4.69, 9.17) is 26.8 Å². The zero-order valence-corrected chi connectivity index (χ0v) is 19.2. The van der Waals surface area contributed by atoms with E-state index in [1.807, 2.05) is 6.92 Å². The van der Waals surface area contributed by atoms with Gasteiger partial charge in [-0.3, -0.25) is 0 Å². The third-order valence-electron chi connectivity index (χ3n) is 5.91. The molecular weight excluding hydrogens is 394 g/mol. The van der Waals surface area contributed by atoms with Crippen molar-refractivity contribution in [1.82, 2.24) is 0 Å². The second kappa shape index (κ2) is 9.77. The molecule has 0 aliphatic heterocycles. The number of aryl methyl sites for hydroxylation is 1. The van der Waals surface area contributed by atoms with Crippen molar-refractivity contribution in [2.24, 2.45) is 11.7 Å². The molecule has 0 bridgehead atoms. The maximum absolute atomic E-state index is 5.95. The van der Waals surface area contributed by atoms with Gasteiger partial charge in [-0.15, -0.1) is 17.5 Å². The normalized spacial score (nSPS) is 18.2. The molecule has 30 heavy (non-hydrogen) atoms. The van der Waals surface area contributed by atoms with Crippen LogP contribution < -0.4 is 15.2 Å². The lowest BCUT2D eigenvalue weighted by Crippen LogP contribution is -2.39. The van der Waals surface area contributed by atoms with Crippen LogP contribution >= 0.6 is 11.6 Å². The van der Waals surface area contributed by atoms with Gasteiger partial charge in [-0.25, -0.2) is 0 Å². The van der Waals surface area contributed by atoms with E-state index in [1.54, 1.807) is 0 Å². The van der Waals surface area contributed by atoms with Crippen molar-refractivity contribution in [3.63, 3.8) is 0 Å². The van der Waals surface area contributed by atoms with Gasteiger partial charge in [-0.05, 0) is 67.5 Å². The fraction of sp³-hybridized carbons (Fsp3) is 0.462. The lowest BCUT2D eigenvalue weighted by Gasteiger charge is -2.32. The Balaban J connectivity index is 1.80. The lowest BCUT2D eigenvalue weighted by atomic mass is 9.77. The van der Waals surface area contributed by atoms with Crippen molar-refractivity contribution in [2.45, 2.75) is 52.0 Å². The van der Waals surface area contributed by atoms with Crippen LogP contribution in [0.15, 0.2) is 36.4 Å². The van der Waals surface area contributed by atoms with Crippen LogP contribution in [0.1, 0.15) is 55.9 Å². The molecule has 1 aliphatic rings. The minimum absolute atomic E-state index is 0.181. The van der Waals surface area contributed by atoms with Crippen LogP contribution in [0.3, 0.4) is 0 Å². The summed E-state index contributed by atoms with van der Waals surface area (Å²) in [6, 6.07) is 13.1. The summed E-state index contributed by atoms with van der Waals surface area (Å²) in [6.45, 7) is 9.59. The number of halogens is 1. The molecule has 1 fully saturated rings. The monoisotopic (exact) mass is 425 g/mol. The minimum atomic E-state index is -0.181. The highest BCUT2D eigenvalue weighted by atomic mass is 35.5. The Kier molecular flexibility index (Phi) is 7.34. The van der Waals surface area contributed by atoms with Crippen LogP contribution in [0.25, 0.3) is 0 Å². The number of ether oxygens (including phenoxy) is 2. The third kappa shape index (κ3) is 5.12. The molecule has 2 aromatic rings. The largest absolute Gasteiger partial charge is 0.493 e. The Morgan fingerprint density at radius 2 is 1.80 bits per heavy atom. The second-order valence-electron chi connectivity index (χ2n) is 8.64. The van der Waals surface area contributed by atoms with E-state index in [0.29, 0.717) is 24.4 Å². The van der Waals surface area contributed by atoms with E-state index in [0.717, 1.165) is 42.1 Å². The number of hydrogen-bond donors (Lipinski definition) is 1. The summed E-state index contributed by atoms with van der Waals surface area (Å²) < 4.78 is 11.8. The van der Waals surface area contributed by atoms with Gasteiger partial charge in [0.1, 0.15) is 18.1 Å². The number of rotatable bonds is 8. The quantitative estimate of drug-likeness (QED) is 0.453. The molecule has 0 aromatic heterocycles. The molecule has 1 saturated carbocycles. The molecule has 4 heteroatoms. The van der Waals surface area contributed by atoms with Gasteiger partial charge >= 0.3 is 0 Å². The first-order chi connectivity index (χ1) is 14.3. The van der Waals surface area contributed by atoms with Gasteiger partial charge in [0.2, 0.25) is 0 Å². The zero-order valence-electron chi connectivity index (χ0n) is 18.4. The number of benzene rings is 2. The molecule has 0 atom stereocenters. The molecule has 0 unspecified atom stereocenters. The molecule has 3 rings (SSSR count). The Morgan fingerprint density at radius 3 is 2.40 bits per heavy atom. The number of nitrogens with two attached hydrogens (primary N) is 1. The number of alkyl halides is 1. The highest BCUT2D eigenvalue weighted by molar-refractivity contribution is 6.18. The zero-order chi connectivity index (χ0) is 21.7. The summed E-state index contributed by atoms with van der Waals surface area (Å²) in [4.78, 5) is 0. The van der Waals surface area contributed by atoms with Crippen LogP contribution in [0.2, 0.25) is 0 Å². The maximum atomic E-state index is 5.95. The van der Waals surface area contributed by atoms with Gasteiger partial charge in [-0.1, -0.05) is 38.0 Å². The second-order valence-corrected chi connectivity index (χ2v) is 9.02. The molecule has 2 N–H and O–H groups in total. The fourth-order valence-electron chi connectivity index (χ4n) is 3.97. The summed E-state index contributed by atoms with van der Waals surface area (Å²) >= 11 is 5.81. The molecule has 0 radical (unpaired) electrons. The van der Waals surface area contributed by atoms with E-state index in [9.17, 15) is 0 Å². The summed E-state index contributed by atoms with van der Waals surface area (Å²) in [7, 11) is 0. The van der Waals surface area contributed by atoms with Crippen LogP contribution in [0.4, 0.5) is 0 Å². The van der Waals surface area contributed by atoms with Crippen molar-refractivity contribution < 1.29 is 9.47 Å². The van der Waals surface area contributed by atoms with Crippen molar-refractivity contribution in [1.29, 1.82) is 0 Å². The smallest absolute Gasteiger partial charge is 0.137 e. The van der Waals surface area contributed by atoms with E-state index < -0.39 is 0 Å². The highest BCUT2D eigenvalue weighted by Gasteiger charge is 2.27. The van der Waals surface area contributed by atoms with Gasteiger partial charge in [0.05, 0.1) is 18.1 Å². The fourth-order valence-corrected chi connectivity index (χ4v) is 4.04. The van der Waals surface area contributed by atoms with E-state index in [-0.39, 0.29) is 5.41 Å². The van der Waals surface area contributed by atoms with Crippen molar-refractivity contribution >= 4 is 11.6 Å². The molecule has 0 heterocycles. The molecular formula is C26H32ClNO2. The van der Waals surface area contributed by atoms with E-state index in [1.165, 1.54) is 11.1 Å². The van der Waals surface area contributed by atoms with E-state index >= 15 is 0 Å². The first-order valence-corrected chi connectivity index (χ1v) is 11.1. The Bertz CT molecular complexity index is 919. The molecule has 0 amide bonds. The molecule has 0 saturated heterocycles. The average molecular weight is 426 g/mol. The van der Waals surface area contributed by atoms with Crippen LogP contribution in [0.5, 0.6) is 11.5 Å². The van der Waals surface area contributed by atoms with Crippen LogP contribution in [-0.4, -0.2) is 25.1 Å². The Labute approximate surface area is 185 Å². The molecule has 2 aromatic carbocycles. The average Bonchev–Trinajstić information content (AvgIpc) is 2.70. The summed E-state index contributed by atoms with van der Waals surface area (Å²) in [5, 5.41) is 0. The maximum Gasteiger partial charge on any atom is 0.137 e. The number of hydrogen-bond acceptors (Lipinski definition) is 3. The molecule has 1 aliphatic carbocycles. The van der Waals surface area contributed by atoms with Gasteiger partial charge in [-0.2, -0.15) is 0 Å². The molecule has 0 spiro atoms. The van der Waals surface area contributed by atoms with Crippen molar-refractivity contribution in [3.05, 3.63) is 58.7 Å². The molecule has 160 valence electrons. The van der Waals surface area contributed by atoms with E-state index in [2.05, 4.69) is 69.0 Å². The van der Waals surface area contributed by atoms with Gasteiger partial charge < -0.3 is 15.2 Å². The lowest BCUT2D eigenvalue weighted by molar-refractivity contribution is 0.160. The molecule has 3 nitrogen and oxygen atoms in total. The third-order valence-corrected chi connectivity index (χ3v) is 6.07. The van der Waals surface area contributed by atoms with Crippen LogP contribution in [-0.2, 0) is 5.41 Å². The topological polar surface area (TPSA) is 44.5 Å². The van der Waals surface area contributed by atoms with Crippen molar-refractivity contribution in [3.8, 4) is 23.3 Å².